The van der Waals surface area contributed by atoms with Crippen molar-refractivity contribution in [2.75, 3.05) is 19.6 Å². The lowest BCUT2D eigenvalue weighted by Crippen LogP contribution is -2.40. The van der Waals surface area contributed by atoms with Crippen LogP contribution in [-0.2, 0) is 6.54 Å². The fraction of sp³-hybridized carbons (Fsp3) is 0.500. The van der Waals surface area contributed by atoms with E-state index in [1.165, 1.54) is 0 Å². The third kappa shape index (κ3) is 3.13. The predicted octanol–water partition coefficient (Wildman–Crippen LogP) is 1.93. The van der Waals surface area contributed by atoms with Crippen LogP contribution in [0, 0.1) is 5.92 Å². The molecule has 0 aliphatic carbocycles. The Balaban J connectivity index is 1.55. The lowest BCUT2D eigenvalue weighted by atomic mass is 9.93. The highest BCUT2D eigenvalue weighted by Gasteiger charge is 2.26. The summed E-state index contributed by atoms with van der Waals surface area (Å²) in [7, 11) is 0. The maximum Gasteiger partial charge on any atom is 0.177 e. The maximum atomic E-state index is 12.4. The monoisotopic (exact) mass is 290 g/mol. The van der Waals surface area contributed by atoms with Crippen LogP contribution in [0.25, 0.3) is 0 Å². The average Bonchev–Trinajstić information content (AvgIpc) is 3.18. The van der Waals surface area contributed by atoms with Gasteiger partial charge in [-0.3, -0.25) is 9.48 Å². The molecule has 0 N–H and O–H groups in total. The fourth-order valence-corrected chi connectivity index (χ4v) is 3.43. The highest BCUT2D eigenvalue weighted by atomic mass is 32.1. The van der Waals surface area contributed by atoms with Gasteiger partial charge in [-0.05, 0) is 30.8 Å². The predicted molar refractivity (Wildman–Crippen MR) is 77.8 cm³/mol. The molecule has 5 nitrogen and oxygen atoms in total. The second-order valence-corrected chi connectivity index (χ2v) is 6.09. The van der Waals surface area contributed by atoms with Crippen LogP contribution in [0.2, 0.25) is 0 Å². The number of carbonyl (C=O) groups excluding carboxylic acids is 1. The van der Waals surface area contributed by atoms with Gasteiger partial charge >= 0.3 is 0 Å². The van der Waals surface area contributed by atoms with Gasteiger partial charge in [-0.25, -0.2) is 4.98 Å². The first kappa shape index (κ1) is 13.5. The molecule has 0 bridgehead atoms. The minimum absolute atomic E-state index is 0.151. The molecule has 1 unspecified atom stereocenters. The van der Waals surface area contributed by atoms with Gasteiger partial charge in [0.15, 0.2) is 5.78 Å². The molecule has 1 aliphatic heterocycles. The molecule has 1 saturated heterocycles. The number of aromatic nitrogens is 3. The Kier molecular flexibility index (Phi) is 4.22. The Labute approximate surface area is 122 Å². The van der Waals surface area contributed by atoms with E-state index in [4.69, 9.17) is 0 Å². The van der Waals surface area contributed by atoms with Gasteiger partial charge in [-0.15, -0.1) is 11.3 Å². The maximum absolute atomic E-state index is 12.4. The second kappa shape index (κ2) is 6.28. The number of ketones is 1. The zero-order valence-corrected chi connectivity index (χ0v) is 12.1. The Morgan fingerprint density at radius 1 is 1.45 bits per heavy atom. The van der Waals surface area contributed by atoms with Crippen molar-refractivity contribution in [2.45, 2.75) is 19.4 Å². The molecule has 1 atom stereocenters. The summed E-state index contributed by atoms with van der Waals surface area (Å²) >= 11 is 1.55. The Morgan fingerprint density at radius 2 is 2.40 bits per heavy atom. The molecule has 2 aromatic rings. The summed E-state index contributed by atoms with van der Waals surface area (Å²) in [6.07, 6.45) is 5.40. The van der Waals surface area contributed by atoms with Crippen LogP contribution in [0.3, 0.4) is 0 Å². The zero-order valence-electron chi connectivity index (χ0n) is 11.3. The summed E-state index contributed by atoms with van der Waals surface area (Å²) in [5.74, 6) is 0.462. The van der Waals surface area contributed by atoms with Gasteiger partial charge in [0.25, 0.3) is 0 Å². The normalized spacial score (nSPS) is 20.1. The van der Waals surface area contributed by atoms with E-state index in [1.807, 2.05) is 22.2 Å². The van der Waals surface area contributed by atoms with Crippen LogP contribution in [-0.4, -0.2) is 45.1 Å². The van der Waals surface area contributed by atoms with Crippen molar-refractivity contribution in [1.29, 1.82) is 0 Å². The molecule has 20 heavy (non-hydrogen) atoms. The van der Waals surface area contributed by atoms with Gasteiger partial charge < -0.3 is 4.90 Å². The fourth-order valence-electron chi connectivity index (χ4n) is 2.68. The average molecular weight is 290 g/mol. The highest BCUT2D eigenvalue weighted by molar-refractivity contribution is 7.12. The summed E-state index contributed by atoms with van der Waals surface area (Å²) in [5.41, 5.74) is 0. The topological polar surface area (TPSA) is 51.0 Å². The van der Waals surface area contributed by atoms with Crippen LogP contribution in [0.5, 0.6) is 0 Å². The molecule has 0 amide bonds. The summed E-state index contributed by atoms with van der Waals surface area (Å²) in [5, 5.41) is 6.08. The number of carbonyl (C=O) groups is 1. The number of piperidine rings is 1. The van der Waals surface area contributed by atoms with E-state index in [9.17, 15) is 4.79 Å². The van der Waals surface area contributed by atoms with Crippen LogP contribution in [0.4, 0.5) is 0 Å². The van der Waals surface area contributed by atoms with E-state index in [2.05, 4.69) is 15.0 Å². The first-order valence-electron chi connectivity index (χ1n) is 6.95. The van der Waals surface area contributed by atoms with E-state index in [0.29, 0.717) is 5.78 Å². The number of hydrogen-bond acceptors (Lipinski definition) is 5. The Bertz CT molecular complexity index is 538. The molecule has 6 heteroatoms. The quantitative estimate of drug-likeness (QED) is 0.790. The molecule has 2 aromatic heterocycles. The molecule has 0 saturated carbocycles. The molecule has 3 heterocycles. The summed E-state index contributed by atoms with van der Waals surface area (Å²) in [6, 6.07) is 3.88. The number of thiophene rings is 1. The largest absolute Gasteiger partial charge is 0.301 e. The standard InChI is InChI=1S/C14H18N4OS/c19-14(13-4-2-8-20-13)12-3-1-5-17(9-12)6-7-18-11-15-10-16-18/h2,4,8,10-12H,1,3,5-7,9H2. The number of nitrogens with zero attached hydrogens (tertiary/aromatic N) is 4. The van der Waals surface area contributed by atoms with Crippen LogP contribution >= 0.6 is 11.3 Å². The van der Waals surface area contributed by atoms with Crippen LogP contribution in [0.15, 0.2) is 30.2 Å². The number of likely N-dealkylation sites (tertiary alicyclic amines) is 1. The van der Waals surface area contributed by atoms with Gasteiger partial charge in [-0.1, -0.05) is 6.07 Å². The van der Waals surface area contributed by atoms with E-state index >= 15 is 0 Å². The summed E-state index contributed by atoms with van der Waals surface area (Å²) in [4.78, 5) is 19.6. The second-order valence-electron chi connectivity index (χ2n) is 5.14. The third-order valence-corrected chi connectivity index (χ3v) is 4.64. The van der Waals surface area contributed by atoms with Crippen molar-refractivity contribution < 1.29 is 4.79 Å². The van der Waals surface area contributed by atoms with Crippen molar-refractivity contribution in [2.24, 2.45) is 5.92 Å². The lowest BCUT2D eigenvalue weighted by Gasteiger charge is -2.31. The lowest BCUT2D eigenvalue weighted by molar-refractivity contribution is 0.0819. The minimum Gasteiger partial charge on any atom is -0.301 e. The van der Waals surface area contributed by atoms with Crippen molar-refractivity contribution in [1.82, 2.24) is 19.7 Å². The van der Waals surface area contributed by atoms with Crippen molar-refractivity contribution in [3.05, 3.63) is 35.0 Å². The summed E-state index contributed by atoms with van der Waals surface area (Å²) in [6.45, 7) is 3.70. The van der Waals surface area contributed by atoms with Crippen molar-refractivity contribution in [3.63, 3.8) is 0 Å². The molecular formula is C14H18N4OS. The zero-order chi connectivity index (χ0) is 13.8. The number of hydrogen-bond donors (Lipinski definition) is 0. The molecular weight excluding hydrogens is 272 g/mol. The minimum atomic E-state index is 0.151. The molecule has 0 radical (unpaired) electrons. The van der Waals surface area contributed by atoms with E-state index in [1.54, 1.807) is 24.0 Å². The summed E-state index contributed by atoms with van der Waals surface area (Å²) < 4.78 is 1.84. The van der Waals surface area contributed by atoms with Crippen LogP contribution in [0.1, 0.15) is 22.5 Å². The number of Topliss-reactive ketones (excluding diaryl/α,β-unsaturated/α-hetero) is 1. The molecule has 0 aromatic carbocycles. The Morgan fingerprint density at radius 3 is 3.15 bits per heavy atom. The SMILES string of the molecule is O=C(c1cccs1)C1CCCN(CCn2cncn2)C1. The smallest absolute Gasteiger partial charge is 0.177 e. The Hall–Kier alpha value is -1.53. The molecule has 3 rings (SSSR count). The molecule has 1 fully saturated rings. The van der Waals surface area contributed by atoms with Crippen molar-refractivity contribution >= 4 is 17.1 Å². The first-order chi connectivity index (χ1) is 9.83. The van der Waals surface area contributed by atoms with Gasteiger partial charge in [0.1, 0.15) is 12.7 Å². The van der Waals surface area contributed by atoms with E-state index < -0.39 is 0 Å². The molecule has 1 aliphatic rings. The highest BCUT2D eigenvalue weighted by Crippen LogP contribution is 2.23. The van der Waals surface area contributed by atoms with Gasteiger partial charge in [-0.2, -0.15) is 5.10 Å². The van der Waals surface area contributed by atoms with Gasteiger partial charge in [0.05, 0.1) is 11.4 Å². The molecule has 106 valence electrons. The van der Waals surface area contributed by atoms with Crippen molar-refractivity contribution in [3.8, 4) is 0 Å². The van der Waals surface area contributed by atoms with Gasteiger partial charge in [0, 0.05) is 19.0 Å². The van der Waals surface area contributed by atoms with Gasteiger partial charge in [0.2, 0.25) is 0 Å². The number of rotatable bonds is 5. The first-order valence-corrected chi connectivity index (χ1v) is 7.83. The third-order valence-electron chi connectivity index (χ3n) is 3.75. The molecule has 0 spiro atoms. The van der Waals surface area contributed by atoms with Crippen LogP contribution < -0.4 is 0 Å². The van der Waals surface area contributed by atoms with E-state index in [-0.39, 0.29) is 5.92 Å². The van der Waals surface area contributed by atoms with E-state index in [0.717, 1.165) is 43.9 Å².